The van der Waals surface area contributed by atoms with Crippen LogP contribution in [0.1, 0.15) is 30.0 Å². The van der Waals surface area contributed by atoms with Gasteiger partial charge in [0.25, 0.3) is 0 Å². The minimum atomic E-state index is 0. The Morgan fingerprint density at radius 2 is 2.12 bits per heavy atom. The fourth-order valence-corrected chi connectivity index (χ4v) is 3.09. The van der Waals surface area contributed by atoms with Crippen LogP contribution < -0.4 is 0 Å². The van der Waals surface area contributed by atoms with E-state index in [2.05, 4.69) is 29.2 Å². The number of aryl methyl sites for hydroxylation is 1. The molecule has 1 fully saturated rings. The second-order valence-electron chi connectivity index (χ2n) is 4.59. The maximum Gasteiger partial charge on any atom is 0.0391 e. The zero-order chi connectivity index (χ0) is 9.54. The summed E-state index contributed by atoms with van der Waals surface area (Å²) in [7, 11) is 2.24. The van der Waals surface area contributed by atoms with Crippen LogP contribution in [0.25, 0.3) is 0 Å². The predicted octanol–water partition coefficient (Wildman–Crippen LogP) is 3.18. The van der Waals surface area contributed by atoms with Gasteiger partial charge in [-0.25, -0.2) is 0 Å². The lowest BCUT2D eigenvalue weighted by molar-refractivity contribution is 0.256. The summed E-state index contributed by atoms with van der Waals surface area (Å²) in [6.07, 6.45) is 8.00. The Morgan fingerprint density at radius 1 is 1.31 bits per heavy atom. The quantitative estimate of drug-likeness (QED) is 0.715. The highest BCUT2D eigenvalue weighted by Gasteiger charge is 2.36. The minimum absolute atomic E-state index is 0. The average molecular weight is 350 g/mol. The number of pyridine rings is 1. The molecular weight excluding hydrogens is 332 g/mol. The van der Waals surface area contributed by atoms with Crippen molar-refractivity contribution >= 4 is 34.0 Å². The lowest BCUT2D eigenvalue weighted by atomic mass is 9.81. The van der Waals surface area contributed by atoms with Gasteiger partial charge in [0, 0.05) is 18.4 Å². The monoisotopic (exact) mass is 348 g/mol. The Morgan fingerprint density at radius 3 is 2.94 bits per heavy atom. The topological polar surface area (TPSA) is 16.1 Å². The molecule has 1 aromatic rings. The van der Waals surface area contributed by atoms with E-state index >= 15 is 0 Å². The summed E-state index contributed by atoms with van der Waals surface area (Å²) in [6.45, 7) is 1.25. The Bertz CT molecular complexity index is 357. The third-order valence-corrected chi connectivity index (χ3v) is 3.82. The lowest BCUT2D eigenvalue weighted by Gasteiger charge is -2.31. The number of fused-ring (bicyclic) bond motifs is 3. The van der Waals surface area contributed by atoms with Gasteiger partial charge in [0.05, 0.1) is 0 Å². The van der Waals surface area contributed by atoms with Crippen molar-refractivity contribution in [3.63, 3.8) is 0 Å². The molecule has 2 heterocycles. The van der Waals surface area contributed by atoms with Gasteiger partial charge in [-0.2, -0.15) is 0 Å². The van der Waals surface area contributed by atoms with Crippen molar-refractivity contribution in [3.05, 3.63) is 29.6 Å². The van der Waals surface area contributed by atoms with Gasteiger partial charge in [0.1, 0.15) is 0 Å². The second-order valence-corrected chi connectivity index (χ2v) is 4.59. The zero-order valence-electron chi connectivity index (χ0n) is 9.43. The molecule has 0 amide bonds. The molecule has 0 bridgehead atoms. The standard InChI is InChI=1S/C12H16N2.2BrH/c1-14-7-5-10-3-2-9-4-6-13-8-11(9)12(10)14;;/h4,6,8,10,12H,2-3,5,7H2,1H3;2*1H/t10-,12+;;/m0../s1. The molecule has 90 valence electrons. The molecule has 1 aliphatic heterocycles. The van der Waals surface area contributed by atoms with Crippen LogP contribution in [0.15, 0.2) is 18.5 Å². The molecule has 0 aromatic carbocycles. The van der Waals surface area contributed by atoms with Gasteiger partial charge in [-0.3, -0.25) is 9.88 Å². The van der Waals surface area contributed by atoms with Crippen LogP contribution in [-0.4, -0.2) is 23.5 Å². The van der Waals surface area contributed by atoms with Gasteiger partial charge >= 0.3 is 0 Å². The van der Waals surface area contributed by atoms with E-state index in [1.165, 1.54) is 36.9 Å². The van der Waals surface area contributed by atoms with Crippen LogP contribution in [0.4, 0.5) is 0 Å². The van der Waals surface area contributed by atoms with Gasteiger partial charge in [-0.1, -0.05) is 0 Å². The lowest BCUT2D eigenvalue weighted by Crippen LogP contribution is -2.25. The van der Waals surface area contributed by atoms with E-state index in [0.717, 1.165) is 5.92 Å². The molecule has 0 radical (unpaired) electrons. The van der Waals surface area contributed by atoms with Gasteiger partial charge in [-0.15, -0.1) is 34.0 Å². The van der Waals surface area contributed by atoms with Crippen LogP contribution >= 0.6 is 34.0 Å². The van der Waals surface area contributed by atoms with Gasteiger partial charge in [-0.05, 0) is 56.0 Å². The number of hydrogen-bond donors (Lipinski definition) is 0. The highest BCUT2D eigenvalue weighted by Crippen LogP contribution is 2.43. The Balaban J connectivity index is 0.000000640. The highest BCUT2D eigenvalue weighted by molar-refractivity contribution is 8.93. The molecular formula is C12H18Br2N2. The fourth-order valence-electron chi connectivity index (χ4n) is 3.09. The van der Waals surface area contributed by atoms with Crippen molar-refractivity contribution in [2.75, 3.05) is 13.6 Å². The normalized spacial score (nSPS) is 27.3. The number of likely N-dealkylation sites (tertiary alicyclic amines) is 1. The Kier molecular flexibility index (Phi) is 4.95. The maximum absolute atomic E-state index is 4.27. The molecule has 0 saturated carbocycles. The molecule has 0 unspecified atom stereocenters. The molecule has 1 aromatic heterocycles. The van der Waals surface area contributed by atoms with E-state index < -0.39 is 0 Å². The number of hydrogen-bond acceptors (Lipinski definition) is 2. The highest BCUT2D eigenvalue weighted by atomic mass is 79.9. The second kappa shape index (κ2) is 5.61. The molecule has 3 rings (SSSR count). The van der Waals surface area contributed by atoms with Gasteiger partial charge in [0.2, 0.25) is 0 Å². The van der Waals surface area contributed by atoms with Crippen LogP contribution in [0, 0.1) is 5.92 Å². The molecule has 1 saturated heterocycles. The average Bonchev–Trinajstić information content (AvgIpc) is 2.61. The summed E-state index contributed by atoms with van der Waals surface area (Å²) in [4.78, 5) is 6.76. The van der Waals surface area contributed by atoms with E-state index in [1.807, 2.05) is 6.20 Å². The molecule has 16 heavy (non-hydrogen) atoms. The summed E-state index contributed by atoms with van der Waals surface area (Å²) < 4.78 is 0. The first kappa shape index (κ1) is 14.1. The third-order valence-electron chi connectivity index (χ3n) is 3.82. The first-order valence-corrected chi connectivity index (χ1v) is 5.49. The molecule has 4 heteroatoms. The SMILES string of the molecule is Br.Br.CN1CC[C@@H]2CCc3ccncc3[C@@H]21. The number of nitrogens with zero attached hydrogens (tertiary/aromatic N) is 2. The summed E-state index contributed by atoms with van der Waals surface area (Å²) in [5, 5.41) is 0. The van der Waals surface area contributed by atoms with Crippen molar-refractivity contribution in [2.24, 2.45) is 5.92 Å². The first-order chi connectivity index (χ1) is 6.86. The summed E-state index contributed by atoms with van der Waals surface area (Å²) >= 11 is 0. The van der Waals surface area contributed by atoms with Crippen LogP contribution in [0.2, 0.25) is 0 Å². The van der Waals surface area contributed by atoms with Crippen LogP contribution in [0.5, 0.6) is 0 Å². The van der Waals surface area contributed by atoms with Crippen molar-refractivity contribution in [1.29, 1.82) is 0 Å². The van der Waals surface area contributed by atoms with E-state index in [1.54, 1.807) is 0 Å². The van der Waals surface area contributed by atoms with Gasteiger partial charge in [0.15, 0.2) is 0 Å². The van der Waals surface area contributed by atoms with Gasteiger partial charge < -0.3 is 0 Å². The van der Waals surface area contributed by atoms with E-state index in [9.17, 15) is 0 Å². The summed E-state index contributed by atoms with van der Waals surface area (Å²) in [6, 6.07) is 2.85. The van der Waals surface area contributed by atoms with Crippen LogP contribution in [0.3, 0.4) is 0 Å². The van der Waals surface area contributed by atoms with Crippen LogP contribution in [-0.2, 0) is 6.42 Å². The smallest absolute Gasteiger partial charge is 0.0391 e. The molecule has 2 nitrogen and oxygen atoms in total. The number of aromatic nitrogens is 1. The Labute approximate surface area is 118 Å². The number of rotatable bonds is 0. The summed E-state index contributed by atoms with van der Waals surface area (Å²) in [5.74, 6) is 0.886. The summed E-state index contributed by atoms with van der Waals surface area (Å²) in [5.41, 5.74) is 3.01. The van der Waals surface area contributed by atoms with E-state index in [0.29, 0.717) is 6.04 Å². The fraction of sp³-hybridized carbons (Fsp3) is 0.583. The van der Waals surface area contributed by atoms with Crippen molar-refractivity contribution < 1.29 is 0 Å². The third kappa shape index (κ3) is 2.20. The largest absolute Gasteiger partial charge is 0.299 e. The van der Waals surface area contributed by atoms with E-state index in [-0.39, 0.29) is 34.0 Å². The molecule has 1 aliphatic carbocycles. The van der Waals surface area contributed by atoms with E-state index in [4.69, 9.17) is 0 Å². The zero-order valence-corrected chi connectivity index (χ0v) is 12.9. The minimum Gasteiger partial charge on any atom is -0.299 e. The number of halogens is 2. The molecule has 2 atom stereocenters. The molecule has 2 aliphatic rings. The van der Waals surface area contributed by atoms with Crippen molar-refractivity contribution in [2.45, 2.75) is 25.3 Å². The van der Waals surface area contributed by atoms with Crippen molar-refractivity contribution in [1.82, 2.24) is 9.88 Å². The molecule has 0 N–H and O–H groups in total. The Hall–Kier alpha value is 0.0700. The van der Waals surface area contributed by atoms with Crippen molar-refractivity contribution in [3.8, 4) is 0 Å². The molecule has 0 spiro atoms. The predicted molar refractivity (Wildman–Crippen MR) is 76.7 cm³/mol. The first-order valence-electron chi connectivity index (χ1n) is 5.49. The maximum atomic E-state index is 4.27.